The predicted molar refractivity (Wildman–Crippen MR) is 112 cm³/mol. The van der Waals surface area contributed by atoms with Crippen molar-refractivity contribution in [1.29, 1.82) is 0 Å². The molecular formula is C24H23FN2O2. The smallest absolute Gasteiger partial charge is 0.254 e. The summed E-state index contributed by atoms with van der Waals surface area (Å²) >= 11 is 0. The van der Waals surface area contributed by atoms with Crippen LogP contribution in [-0.2, 0) is 11.3 Å². The van der Waals surface area contributed by atoms with E-state index in [-0.39, 0.29) is 30.7 Å². The van der Waals surface area contributed by atoms with Crippen molar-refractivity contribution >= 4 is 11.8 Å². The molecule has 5 heteroatoms. The third-order valence-electron chi connectivity index (χ3n) is 4.65. The average Bonchev–Trinajstić information content (AvgIpc) is 2.77. The average molecular weight is 390 g/mol. The van der Waals surface area contributed by atoms with Crippen LogP contribution in [0.1, 0.15) is 22.8 Å². The van der Waals surface area contributed by atoms with Gasteiger partial charge in [0.05, 0.1) is 6.54 Å². The van der Waals surface area contributed by atoms with Gasteiger partial charge in [0.25, 0.3) is 5.91 Å². The zero-order valence-corrected chi connectivity index (χ0v) is 16.3. The monoisotopic (exact) mass is 390 g/mol. The molecule has 0 saturated heterocycles. The van der Waals surface area contributed by atoms with Crippen molar-refractivity contribution in [2.24, 2.45) is 0 Å². The maximum Gasteiger partial charge on any atom is 0.254 e. The van der Waals surface area contributed by atoms with E-state index in [1.807, 2.05) is 49.4 Å². The maximum atomic E-state index is 12.9. The highest BCUT2D eigenvalue weighted by Gasteiger charge is 2.17. The molecule has 0 atom stereocenters. The molecule has 3 aromatic rings. The molecule has 148 valence electrons. The Hall–Kier alpha value is -3.47. The van der Waals surface area contributed by atoms with Gasteiger partial charge < -0.3 is 10.2 Å². The molecule has 0 fully saturated rings. The van der Waals surface area contributed by atoms with Crippen LogP contribution in [0.2, 0.25) is 0 Å². The molecule has 0 unspecified atom stereocenters. The van der Waals surface area contributed by atoms with Crippen molar-refractivity contribution in [2.75, 3.05) is 13.1 Å². The third kappa shape index (κ3) is 5.51. The van der Waals surface area contributed by atoms with E-state index >= 15 is 0 Å². The first-order chi connectivity index (χ1) is 14.1. The maximum absolute atomic E-state index is 12.9. The van der Waals surface area contributed by atoms with E-state index in [0.29, 0.717) is 12.1 Å². The summed E-state index contributed by atoms with van der Waals surface area (Å²) in [4.78, 5) is 26.5. The number of carbonyl (C=O) groups excluding carboxylic acids is 2. The Labute approximate surface area is 170 Å². The summed E-state index contributed by atoms with van der Waals surface area (Å²) in [7, 11) is 0. The first-order valence-electron chi connectivity index (χ1n) is 9.52. The largest absolute Gasteiger partial charge is 0.350 e. The molecule has 0 heterocycles. The Morgan fingerprint density at radius 2 is 1.48 bits per heavy atom. The van der Waals surface area contributed by atoms with Crippen molar-refractivity contribution in [1.82, 2.24) is 10.2 Å². The lowest BCUT2D eigenvalue weighted by atomic mass is 10.0. The van der Waals surface area contributed by atoms with Gasteiger partial charge in [0, 0.05) is 18.7 Å². The van der Waals surface area contributed by atoms with Gasteiger partial charge in [-0.15, -0.1) is 0 Å². The Morgan fingerprint density at radius 3 is 2.10 bits per heavy atom. The molecule has 0 saturated carbocycles. The molecule has 0 bridgehead atoms. The topological polar surface area (TPSA) is 49.4 Å². The normalized spacial score (nSPS) is 10.4. The molecular weight excluding hydrogens is 367 g/mol. The Morgan fingerprint density at radius 1 is 0.862 bits per heavy atom. The van der Waals surface area contributed by atoms with Gasteiger partial charge in [-0.3, -0.25) is 9.59 Å². The van der Waals surface area contributed by atoms with Crippen molar-refractivity contribution in [3.63, 3.8) is 0 Å². The van der Waals surface area contributed by atoms with Crippen molar-refractivity contribution in [3.8, 4) is 11.1 Å². The molecule has 29 heavy (non-hydrogen) atoms. The molecule has 3 aromatic carbocycles. The van der Waals surface area contributed by atoms with Crippen LogP contribution in [0.5, 0.6) is 0 Å². The van der Waals surface area contributed by atoms with Gasteiger partial charge >= 0.3 is 0 Å². The van der Waals surface area contributed by atoms with Crippen LogP contribution in [0, 0.1) is 5.82 Å². The number of halogens is 1. The van der Waals surface area contributed by atoms with Gasteiger partial charge in [-0.05, 0) is 47.9 Å². The lowest BCUT2D eigenvalue weighted by Crippen LogP contribution is -2.40. The Balaban J connectivity index is 1.59. The van der Waals surface area contributed by atoms with Crippen LogP contribution in [-0.4, -0.2) is 29.8 Å². The Bertz CT molecular complexity index is 954. The minimum atomic E-state index is -0.318. The summed E-state index contributed by atoms with van der Waals surface area (Å²) in [6.45, 7) is 2.51. The summed E-state index contributed by atoms with van der Waals surface area (Å²) in [5.74, 6) is -0.768. The molecule has 2 amide bonds. The zero-order chi connectivity index (χ0) is 20.6. The van der Waals surface area contributed by atoms with Crippen molar-refractivity contribution < 1.29 is 14.0 Å². The number of hydrogen-bond donors (Lipinski definition) is 1. The minimum Gasteiger partial charge on any atom is -0.350 e. The highest BCUT2D eigenvalue weighted by molar-refractivity contribution is 5.96. The number of nitrogens with one attached hydrogen (secondary N) is 1. The van der Waals surface area contributed by atoms with Gasteiger partial charge in [-0.1, -0.05) is 54.6 Å². The van der Waals surface area contributed by atoms with Crippen molar-refractivity contribution in [3.05, 3.63) is 95.8 Å². The number of rotatable bonds is 7. The summed E-state index contributed by atoms with van der Waals surface area (Å²) in [6.07, 6.45) is 0. The predicted octanol–water partition coefficient (Wildman–Crippen LogP) is 4.27. The number of likely N-dealkylation sites (N-methyl/N-ethyl adjacent to an activating group) is 1. The molecule has 0 aliphatic carbocycles. The molecule has 0 radical (unpaired) electrons. The number of benzene rings is 3. The Kier molecular flexibility index (Phi) is 6.74. The van der Waals surface area contributed by atoms with Gasteiger partial charge in [0.1, 0.15) is 5.82 Å². The minimum absolute atomic E-state index is 0.0308. The van der Waals surface area contributed by atoms with E-state index in [9.17, 15) is 14.0 Å². The van der Waals surface area contributed by atoms with E-state index < -0.39 is 0 Å². The lowest BCUT2D eigenvalue weighted by molar-refractivity contribution is -0.121. The number of hydrogen-bond acceptors (Lipinski definition) is 2. The fourth-order valence-electron chi connectivity index (χ4n) is 2.98. The molecule has 4 nitrogen and oxygen atoms in total. The highest BCUT2D eigenvalue weighted by Crippen LogP contribution is 2.19. The summed E-state index contributed by atoms with van der Waals surface area (Å²) in [5, 5.41) is 2.76. The second-order valence-corrected chi connectivity index (χ2v) is 6.67. The number of nitrogens with zero attached hydrogens (tertiary/aromatic N) is 1. The van der Waals surface area contributed by atoms with E-state index in [1.165, 1.54) is 17.0 Å². The summed E-state index contributed by atoms with van der Waals surface area (Å²) in [6, 6.07) is 23.2. The van der Waals surface area contributed by atoms with E-state index in [4.69, 9.17) is 0 Å². The zero-order valence-electron chi connectivity index (χ0n) is 16.3. The molecule has 1 N–H and O–H groups in total. The van der Waals surface area contributed by atoms with Gasteiger partial charge in [0.15, 0.2) is 0 Å². The quantitative estimate of drug-likeness (QED) is 0.655. The number of amides is 2. The molecule has 0 aliphatic rings. The lowest BCUT2D eigenvalue weighted by Gasteiger charge is -2.20. The highest BCUT2D eigenvalue weighted by atomic mass is 19.1. The fraction of sp³-hybridized carbons (Fsp3) is 0.167. The van der Waals surface area contributed by atoms with Crippen LogP contribution in [0.15, 0.2) is 78.9 Å². The van der Waals surface area contributed by atoms with Gasteiger partial charge in [-0.25, -0.2) is 4.39 Å². The van der Waals surface area contributed by atoms with Crippen molar-refractivity contribution in [2.45, 2.75) is 13.5 Å². The van der Waals surface area contributed by atoms with Crippen LogP contribution in [0.4, 0.5) is 4.39 Å². The first kappa shape index (κ1) is 20.3. The third-order valence-corrected chi connectivity index (χ3v) is 4.65. The van der Waals surface area contributed by atoms with Crippen LogP contribution < -0.4 is 5.32 Å². The molecule has 3 rings (SSSR count). The fourth-order valence-corrected chi connectivity index (χ4v) is 2.98. The van der Waals surface area contributed by atoms with Crippen LogP contribution >= 0.6 is 0 Å². The second-order valence-electron chi connectivity index (χ2n) is 6.67. The second kappa shape index (κ2) is 9.64. The summed E-state index contributed by atoms with van der Waals surface area (Å²) in [5.41, 5.74) is 3.45. The van der Waals surface area contributed by atoms with Crippen LogP contribution in [0.3, 0.4) is 0 Å². The standard InChI is InChI=1S/C24H23FN2O2/c1-2-27(17-23(28)26-16-18-8-14-22(25)15-9-18)24(29)21-12-10-20(11-13-21)19-6-4-3-5-7-19/h3-15H,2,16-17H2,1H3,(H,26,28). The van der Waals surface area contributed by atoms with E-state index in [2.05, 4.69) is 5.32 Å². The first-order valence-corrected chi connectivity index (χ1v) is 9.52. The van der Waals surface area contributed by atoms with Gasteiger partial charge in [0.2, 0.25) is 5.91 Å². The molecule has 0 spiro atoms. The van der Waals surface area contributed by atoms with Crippen LogP contribution in [0.25, 0.3) is 11.1 Å². The van der Waals surface area contributed by atoms with E-state index in [1.54, 1.807) is 24.3 Å². The number of carbonyl (C=O) groups is 2. The van der Waals surface area contributed by atoms with Gasteiger partial charge in [-0.2, -0.15) is 0 Å². The molecule has 0 aromatic heterocycles. The SMILES string of the molecule is CCN(CC(=O)NCc1ccc(F)cc1)C(=O)c1ccc(-c2ccccc2)cc1. The summed E-state index contributed by atoms with van der Waals surface area (Å²) < 4.78 is 12.9. The molecule has 0 aliphatic heterocycles. The van der Waals surface area contributed by atoms with E-state index in [0.717, 1.165) is 16.7 Å².